The molecule has 0 aliphatic carbocycles. The summed E-state index contributed by atoms with van der Waals surface area (Å²) in [4.78, 5) is 20.3. The van der Waals surface area contributed by atoms with Crippen LogP contribution in [-0.4, -0.2) is 37.2 Å². The van der Waals surface area contributed by atoms with Gasteiger partial charge < -0.3 is 19.4 Å². The van der Waals surface area contributed by atoms with Crippen LogP contribution < -0.4 is 10.2 Å². The van der Waals surface area contributed by atoms with E-state index in [4.69, 9.17) is 20.8 Å². The molecule has 1 aromatic carbocycles. The van der Waals surface area contributed by atoms with Crippen LogP contribution in [0.5, 0.6) is 0 Å². The Hall–Kier alpha value is -2.35. The highest BCUT2D eigenvalue weighted by Crippen LogP contribution is 2.34. The minimum atomic E-state index is -0.161. The quantitative estimate of drug-likeness (QED) is 0.667. The molecule has 6 nitrogen and oxygen atoms in total. The third-order valence-electron chi connectivity index (χ3n) is 4.54. The molecule has 146 valence electrons. The number of rotatable bonds is 5. The van der Waals surface area contributed by atoms with E-state index in [-0.39, 0.29) is 12.3 Å². The molecule has 3 aromatic rings. The third kappa shape index (κ3) is 4.06. The second kappa shape index (κ2) is 8.34. The van der Waals surface area contributed by atoms with Gasteiger partial charge in [0.15, 0.2) is 0 Å². The van der Waals surface area contributed by atoms with Crippen molar-refractivity contribution in [1.29, 1.82) is 0 Å². The number of hydrogen-bond donors (Lipinski definition) is 1. The third-order valence-corrected chi connectivity index (χ3v) is 5.70. The summed E-state index contributed by atoms with van der Waals surface area (Å²) in [5.41, 5.74) is 2.16. The van der Waals surface area contributed by atoms with Crippen molar-refractivity contribution in [2.75, 3.05) is 36.5 Å². The number of benzene rings is 1. The maximum atomic E-state index is 12.7. The van der Waals surface area contributed by atoms with Crippen LogP contribution in [0.1, 0.15) is 11.5 Å². The first-order valence-electron chi connectivity index (χ1n) is 9.03. The number of carbonyl (C=O) groups is 1. The summed E-state index contributed by atoms with van der Waals surface area (Å²) in [7, 11) is 0. The van der Waals surface area contributed by atoms with Crippen molar-refractivity contribution in [2.45, 2.75) is 13.3 Å². The number of halogens is 1. The lowest BCUT2D eigenvalue weighted by Crippen LogP contribution is -2.37. The number of aryl methyl sites for hydroxylation is 1. The predicted molar refractivity (Wildman–Crippen MR) is 111 cm³/mol. The standard InChI is InChI=1S/C20H20ClN3O3S/c1-13-16(23-20(27-13)17-6-3-11-28-17)12-18(25)22-15-5-2-4-14(21)19(15)24-7-9-26-10-8-24/h2-6,11H,7-10,12H2,1H3,(H,22,25). The number of morpholine rings is 1. The molecule has 4 rings (SSSR count). The van der Waals surface area contributed by atoms with Gasteiger partial charge in [0.05, 0.1) is 46.6 Å². The number of para-hydroxylation sites is 1. The molecule has 0 radical (unpaired) electrons. The van der Waals surface area contributed by atoms with Crippen LogP contribution in [0.2, 0.25) is 5.02 Å². The van der Waals surface area contributed by atoms with Gasteiger partial charge in [-0.25, -0.2) is 4.98 Å². The molecule has 1 fully saturated rings. The Labute approximate surface area is 172 Å². The average molecular weight is 418 g/mol. The van der Waals surface area contributed by atoms with Crippen molar-refractivity contribution in [2.24, 2.45) is 0 Å². The van der Waals surface area contributed by atoms with Gasteiger partial charge >= 0.3 is 0 Å². The molecular formula is C20H20ClN3O3S. The van der Waals surface area contributed by atoms with Gasteiger partial charge in [-0.05, 0) is 30.5 Å². The SMILES string of the molecule is Cc1oc(-c2cccs2)nc1CC(=O)Nc1cccc(Cl)c1N1CCOCC1. The zero-order chi connectivity index (χ0) is 19.5. The lowest BCUT2D eigenvalue weighted by atomic mass is 10.2. The van der Waals surface area contributed by atoms with Gasteiger partial charge in [-0.2, -0.15) is 0 Å². The second-order valence-electron chi connectivity index (χ2n) is 6.46. The normalized spacial score (nSPS) is 14.3. The van der Waals surface area contributed by atoms with Crippen LogP contribution in [0.15, 0.2) is 40.1 Å². The second-order valence-corrected chi connectivity index (χ2v) is 7.81. The minimum absolute atomic E-state index is 0.135. The molecule has 0 bridgehead atoms. The molecule has 1 amide bonds. The maximum Gasteiger partial charge on any atom is 0.236 e. The lowest BCUT2D eigenvalue weighted by Gasteiger charge is -2.31. The maximum absolute atomic E-state index is 12.7. The molecular weight excluding hydrogens is 398 g/mol. The summed E-state index contributed by atoms with van der Waals surface area (Å²) in [5, 5.41) is 5.56. The predicted octanol–water partition coefficient (Wildman–Crippen LogP) is 4.38. The largest absolute Gasteiger partial charge is 0.440 e. The number of ether oxygens (including phenoxy) is 1. The number of oxazole rings is 1. The van der Waals surface area contributed by atoms with Crippen molar-refractivity contribution in [3.05, 3.63) is 52.2 Å². The van der Waals surface area contributed by atoms with Crippen molar-refractivity contribution in [1.82, 2.24) is 4.98 Å². The molecule has 0 unspecified atom stereocenters. The molecule has 1 aliphatic rings. The Bertz CT molecular complexity index is 965. The summed E-state index contributed by atoms with van der Waals surface area (Å²) in [6, 6.07) is 9.41. The Morgan fingerprint density at radius 3 is 2.86 bits per heavy atom. The molecule has 1 saturated heterocycles. The van der Waals surface area contributed by atoms with E-state index in [9.17, 15) is 4.79 Å². The number of amides is 1. The summed E-state index contributed by atoms with van der Waals surface area (Å²) in [5.74, 6) is 1.04. The summed E-state index contributed by atoms with van der Waals surface area (Å²) < 4.78 is 11.1. The van der Waals surface area contributed by atoms with E-state index in [1.165, 1.54) is 0 Å². The van der Waals surface area contributed by atoms with E-state index >= 15 is 0 Å². The summed E-state index contributed by atoms with van der Waals surface area (Å²) in [6.07, 6.45) is 0.135. The summed E-state index contributed by atoms with van der Waals surface area (Å²) >= 11 is 7.98. The van der Waals surface area contributed by atoms with Crippen LogP contribution in [0.4, 0.5) is 11.4 Å². The van der Waals surface area contributed by atoms with Crippen molar-refractivity contribution in [3.63, 3.8) is 0 Å². The topological polar surface area (TPSA) is 67.6 Å². The zero-order valence-corrected chi connectivity index (χ0v) is 17.0. The fourth-order valence-corrected chi connectivity index (χ4v) is 4.11. The van der Waals surface area contributed by atoms with Crippen molar-refractivity contribution in [3.8, 4) is 10.8 Å². The first-order valence-corrected chi connectivity index (χ1v) is 10.3. The highest BCUT2D eigenvalue weighted by atomic mass is 35.5. The van der Waals surface area contributed by atoms with E-state index in [2.05, 4.69) is 15.2 Å². The van der Waals surface area contributed by atoms with Gasteiger partial charge in [-0.3, -0.25) is 4.79 Å². The van der Waals surface area contributed by atoms with Crippen LogP contribution >= 0.6 is 22.9 Å². The zero-order valence-electron chi connectivity index (χ0n) is 15.4. The number of carbonyl (C=O) groups excluding carboxylic acids is 1. The number of thiophene rings is 1. The van der Waals surface area contributed by atoms with Gasteiger partial charge in [0.25, 0.3) is 0 Å². The van der Waals surface area contributed by atoms with Crippen molar-refractivity contribution >= 4 is 40.2 Å². The minimum Gasteiger partial charge on any atom is -0.440 e. The molecule has 0 atom stereocenters. The first-order chi connectivity index (χ1) is 13.6. The number of hydrogen-bond acceptors (Lipinski definition) is 6. The Morgan fingerprint density at radius 2 is 2.11 bits per heavy atom. The highest BCUT2D eigenvalue weighted by molar-refractivity contribution is 7.13. The summed E-state index contributed by atoms with van der Waals surface area (Å²) in [6.45, 7) is 4.58. The van der Waals surface area contributed by atoms with E-state index in [1.807, 2.05) is 42.6 Å². The number of nitrogens with zero attached hydrogens (tertiary/aromatic N) is 2. The molecule has 0 saturated carbocycles. The van der Waals surface area contributed by atoms with Gasteiger partial charge in [-0.1, -0.05) is 23.7 Å². The number of anilines is 2. The van der Waals surface area contributed by atoms with Crippen LogP contribution in [0, 0.1) is 6.92 Å². The van der Waals surface area contributed by atoms with E-state index in [0.29, 0.717) is 41.3 Å². The van der Waals surface area contributed by atoms with E-state index < -0.39 is 0 Å². The molecule has 8 heteroatoms. The van der Waals surface area contributed by atoms with Gasteiger partial charge in [0.2, 0.25) is 11.8 Å². The molecule has 0 spiro atoms. The lowest BCUT2D eigenvalue weighted by molar-refractivity contribution is -0.115. The van der Waals surface area contributed by atoms with Gasteiger partial charge in [0.1, 0.15) is 5.76 Å². The Kier molecular flexibility index (Phi) is 5.66. The fraction of sp³-hybridized carbons (Fsp3) is 0.300. The molecule has 1 N–H and O–H groups in total. The van der Waals surface area contributed by atoms with Gasteiger partial charge in [0, 0.05) is 13.1 Å². The smallest absolute Gasteiger partial charge is 0.236 e. The van der Waals surface area contributed by atoms with E-state index in [0.717, 1.165) is 23.7 Å². The Morgan fingerprint density at radius 1 is 1.29 bits per heavy atom. The van der Waals surface area contributed by atoms with Crippen LogP contribution in [-0.2, 0) is 16.0 Å². The fourth-order valence-electron chi connectivity index (χ4n) is 3.17. The van der Waals surface area contributed by atoms with Crippen LogP contribution in [0.3, 0.4) is 0 Å². The van der Waals surface area contributed by atoms with Crippen LogP contribution in [0.25, 0.3) is 10.8 Å². The first kappa shape index (κ1) is 19.0. The molecule has 3 heterocycles. The van der Waals surface area contributed by atoms with Gasteiger partial charge in [-0.15, -0.1) is 11.3 Å². The Balaban J connectivity index is 1.51. The molecule has 2 aromatic heterocycles. The molecule has 1 aliphatic heterocycles. The highest BCUT2D eigenvalue weighted by Gasteiger charge is 2.20. The van der Waals surface area contributed by atoms with E-state index in [1.54, 1.807) is 11.3 Å². The number of aromatic nitrogens is 1. The monoisotopic (exact) mass is 417 g/mol. The number of nitrogens with one attached hydrogen (secondary N) is 1. The van der Waals surface area contributed by atoms with Crippen molar-refractivity contribution < 1.29 is 13.9 Å². The average Bonchev–Trinajstić information content (AvgIpc) is 3.33. The molecule has 28 heavy (non-hydrogen) atoms.